The highest BCUT2D eigenvalue weighted by Gasteiger charge is 2.44. The van der Waals surface area contributed by atoms with Crippen LogP contribution in [0.3, 0.4) is 0 Å². The average molecular weight is 320 g/mol. The molecular formula is C15H24N6O2. The van der Waals surface area contributed by atoms with Crippen LogP contribution >= 0.6 is 0 Å². The maximum absolute atomic E-state index is 12.2. The van der Waals surface area contributed by atoms with Crippen LogP contribution in [-0.4, -0.2) is 67.7 Å². The minimum atomic E-state index is -0.793. The number of likely N-dealkylation sites (tertiary alicyclic amines) is 1. The average Bonchev–Trinajstić information content (AvgIpc) is 3.07. The first-order valence-electron chi connectivity index (χ1n) is 8.18. The third-order valence-corrected chi connectivity index (χ3v) is 4.67. The lowest BCUT2D eigenvalue weighted by Crippen LogP contribution is -2.47. The van der Waals surface area contributed by atoms with E-state index >= 15 is 0 Å². The first-order valence-corrected chi connectivity index (χ1v) is 8.18. The predicted octanol–water partition coefficient (Wildman–Crippen LogP) is 0.463. The fraction of sp³-hybridized carbons (Fsp3) is 0.733. The number of urea groups is 1. The molecule has 23 heavy (non-hydrogen) atoms. The number of hydrogen-bond acceptors (Lipinski definition) is 5. The molecule has 0 saturated carbocycles. The third kappa shape index (κ3) is 3.36. The highest BCUT2D eigenvalue weighted by molar-refractivity contribution is 6.06. The van der Waals surface area contributed by atoms with Crippen molar-refractivity contribution in [1.29, 1.82) is 0 Å². The third-order valence-electron chi connectivity index (χ3n) is 4.67. The summed E-state index contributed by atoms with van der Waals surface area (Å²) in [6.45, 7) is 6.40. The molecule has 126 valence electrons. The van der Waals surface area contributed by atoms with Crippen LogP contribution in [-0.2, 0) is 11.3 Å². The van der Waals surface area contributed by atoms with E-state index in [2.05, 4.69) is 20.3 Å². The van der Waals surface area contributed by atoms with E-state index < -0.39 is 5.54 Å². The number of aromatic nitrogens is 3. The quantitative estimate of drug-likeness (QED) is 0.797. The van der Waals surface area contributed by atoms with Crippen LogP contribution in [0, 0.1) is 0 Å². The number of amides is 3. The Morgan fingerprint density at radius 1 is 1.30 bits per heavy atom. The summed E-state index contributed by atoms with van der Waals surface area (Å²) in [6, 6.07) is 0.0871. The van der Waals surface area contributed by atoms with Crippen LogP contribution in [0.15, 0.2) is 12.7 Å². The summed E-state index contributed by atoms with van der Waals surface area (Å²) >= 11 is 0. The molecule has 1 unspecified atom stereocenters. The van der Waals surface area contributed by atoms with Gasteiger partial charge in [0.15, 0.2) is 0 Å². The van der Waals surface area contributed by atoms with E-state index in [1.54, 1.807) is 26.5 Å². The molecule has 2 saturated heterocycles. The number of carbonyl (C=O) groups is 2. The second-order valence-corrected chi connectivity index (χ2v) is 6.82. The van der Waals surface area contributed by atoms with Gasteiger partial charge in [-0.2, -0.15) is 5.10 Å². The maximum atomic E-state index is 12.2. The van der Waals surface area contributed by atoms with E-state index in [9.17, 15) is 9.59 Å². The van der Waals surface area contributed by atoms with Gasteiger partial charge in [-0.05, 0) is 33.2 Å². The Hall–Kier alpha value is -1.96. The predicted molar refractivity (Wildman–Crippen MR) is 83.6 cm³/mol. The minimum absolute atomic E-state index is 0.146. The molecule has 3 rings (SSSR count). The number of rotatable bonds is 5. The zero-order valence-corrected chi connectivity index (χ0v) is 13.7. The Labute approximate surface area is 135 Å². The summed E-state index contributed by atoms with van der Waals surface area (Å²) in [6.07, 6.45) is 6.73. The topological polar surface area (TPSA) is 83.4 Å². The molecule has 0 aromatic carbocycles. The molecule has 3 heterocycles. The summed E-state index contributed by atoms with van der Waals surface area (Å²) < 4.78 is 1.85. The van der Waals surface area contributed by atoms with Gasteiger partial charge in [-0.1, -0.05) is 6.42 Å². The molecular weight excluding hydrogens is 296 g/mol. The molecule has 2 aliphatic rings. The van der Waals surface area contributed by atoms with Gasteiger partial charge in [0.2, 0.25) is 0 Å². The summed E-state index contributed by atoms with van der Waals surface area (Å²) in [4.78, 5) is 31.9. The second-order valence-electron chi connectivity index (χ2n) is 6.82. The Bertz CT molecular complexity index is 571. The number of imide groups is 1. The zero-order chi connectivity index (χ0) is 16.4. The highest BCUT2D eigenvalue weighted by atomic mass is 16.2. The smallest absolute Gasteiger partial charge is 0.324 e. The van der Waals surface area contributed by atoms with Crippen molar-refractivity contribution in [2.24, 2.45) is 0 Å². The molecule has 8 nitrogen and oxygen atoms in total. The lowest BCUT2D eigenvalue weighted by molar-refractivity contribution is -0.130. The number of nitrogens with one attached hydrogen (secondary N) is 1. The SMILES string of the molecule is CC1(C)NC(=O)N(CCN2CCCCC2Cn2cncn2)C1=O. The van der Waals surface area contributed by atoms with E-state index in [0.717, 1.165) is 25.9 Å². The van der Waals surface area contributed by atoms with Crippen molar-refractivity contribution < 1.29 is 9.59 Å². The molecule has 1 N–H and O–H groups in total. The van der Waals surface area contributed by atoms with Gasteiger partial charge >= 0.3 is 6.03 Å². The molecule has 1 atom stereocenters. The second kappa shape index (κ2) is 6.27. The van der Waals surface area contributed by atoms with Crippen molar-refractivity contribution in [2.75, 3.05) is 19.6 Å². The Morgan fingerprint density at radius 2 is 2.13 bits per heavy atom. The molecule has 0 aliphatic carbocycles. The van der Waals surface area contributed by atoms with Gasteiger partial charge in [0, 0.05) is 19.1 Å². The van der Waals surface area contributed by atoms with Crippen LogP contribution in [0.5, 0.6) is 0 Å². The van der Waals surface area contributed by atoms with Gasteiger partial charge in [0.25, 0.3) is 5.91 Å². The molecule has 2 aliphatic heterocycles. The Kier molecular flexibility index (Phi) is 4.34. The van der Waals surface area contributed by atoms with Crippen LogP contribution in [0.25, 0.3) is 0 Å². The molecule has 8 heteroatoms. The van der Waals surface area contributed by atoms with Crippen molar-refractivity contribution in [1.82, 2.24) is 29.9 Å². The van der Waals surface area contributed by atoms with Crippen LogP contribution in [0.2, 0.25) is 0 Å². The van der Waals surface area contributed by atoms with E-state index in [1.807, 2.05) is 4.68 Å². The summed E-state index contributed by atoms with van der Waals surface area (Å²) in [5.41, 5.74) is -0.793. The van der Waals surface area contributed by atoms with E-state index in [0.29, 0.717) is 19.1 Å². The van der Waals surface area contributed by atoms with Crippen LogP contribution in [0.4, 0.5) is 4.79 Å². The van der Waals surface area contributed by atoms with Crippen molar-refractivity contribution in [2.45, 2.75) is 51.2 Å². The number of piperidine rings is 1. The fourth-order valence-corrected chi connectivity index (χ4v) is 3.35. The molecule has 2 fully saturated rings. The monoisotopic (exact) mass is 320 g/mol. The summed E-state index contributed by atoms with van der Waals surface area (Å²) in [7, 11) is 0. The highest BCUT2D eigenvalue weighted by Crippen LogP contribution is 2.20. The minimum Gasteiger partial charge on any atom is -0.324 e. The van der Waals surface area contributed by atoms with Gasteiger partial charge in [0.05, 0.1) is 6.54 Å². The van der Waals surface area contributed by atoms with E-state index in [4.69, 9.17) is 0 Å². The zero-order valence-electron chi connectivity index (χ0n) is 13.7. The molecule has 1 aromatic rings. The van der Waals surface area contributed by atoms with Crippen LogP contribution in [0.1, 0.15) is 33.1 Å². The lowest BCUT2D eigenvalue weighted by atomic mass is 10.0. The first kappa shape index (κ1) is 15.9. The van der Waals surface area contributed by atoms with Gasteiger partial charge in [-0.25, -0.2) is 9.78 Å². The number of carbonyl (C=O) groups excluding carboxylic acids is 2. The molecule has 0 radical (unpaired) electrons. The largest absolute Gasteiger partial charge is 0.325 e. The van der Waals surface area contributed by atoms with Crippen LogP contribution < -0.4 is 5.32 Å². The molecule has 0 spiro atoms. The standard InChI is InChI=1S/C15H24N6O2/c1-15(2)13(22)21(14(23)18-15)8-7-19-6-4-3-5-12(19)9-20-11-16-10-17-20/h10-12H,3-9H2,1-2H3,(H,18,23). The number of hydrogen-bond donors (Lipinski definition) is 1. The van der Waals surface area contributed by atoms with Gasteiger partial charge in [-0.15, -0.1) is 0 Å². The van der Waals surface area contributed by atoms with Crippen molar-refractivity contribution in [3.8, 4) is 0 Å². The van der Waals surface area contributed by atoms with Gasteiger partial charge < -0.3 is 5.32 Å². The van der Waals surface area contributed by atoms with E-state index in [1.165, 1.54) is 11.3 Å². The van der Waals surface area contributed by atoms with Crippen molar-refractivity contribution in [3.63, 3.8) is 0 Å². The fourth-order valence-electron chi connectivity index (χ4n) is 3.35. The summed E-state index contributed by atoms with van der Waals surface area (Å²) in [5.74, 6) is -0.146. The maximum Gasteiger partial charge on any atom is 0.325 e. The summed E-state index contributed by atoms with van der Waals surface area (Å²) in [5, 5.41) is 6.90. The normalized spacial score (nSPS) is 25.0. The van der Waals surface area contributed by atoms with Gasteiger partial charge in [-0.3, -0.25) is 19.3 Å². The Balaban J connectivity index is 1.59. The van der Waals surface area contributed by atoms with Crippen molar-refractivity contribution in [3.05, 3.63) is 12.7 Å². The van der Waals surface area contributed by atoms with Crippen molar-refractivity contribution >= 4 is 11.9 Å². The number of nitrogens with zero attached hydrogens (tertiary/aromatic N) is 5. The first-order chi connectivity index (χ1) is 11.0. The lowest BCUT2D eigenvalue weighted by Gasteiger charge is -2.36. The van der Waals surface area contributed by atoms with E-state index in [-0.39, 0.29) is 11.9 Å². The van der Waals surface area contributed by atoms with Gasteiger partial charge in [0.1, 0.15) is 18.2 Å². The molecule has 3 amide bonds. The molecule has 0 bridgehead atoms. The Morgan fingerprint density at radius 3 is 2.78 bits per heavy atom. The molecule has 1 aromatic heterocycles.